The van der Waals surface area contributed by atoms with E-state index in [4.69, 9.17) is 10.1 Å². The van der Waals surface area contributed by atoms with Crippen LogP contribution in [0.25, 0.3) is 33.5 Å². The molecule has 0 atom stereocenters. The van der Waals surface area contributed by atoms with Gasteiger partial charge < -0.3 is 0 Å². The van der Waals surface area contributed by atoms with E-state index < -0.39 is 10.0 Å². The lowest BCUT2D eigenvalue weighted by Gasteiger charge is -2.24. The smallest absolute Gasteiger partial charge is 0.250 e. The first-order chi connectivity index (χ1) is 18.4. The number of hydrogen-bond donors (Lipinski definition) is 0. The van der Waals surface area contributed by atoms with Crippen molar-refractivity contribution in [1.29, 1.82) is 0 Å². The lowest BCUT2D eigenvalue weighted by Crippen LogP contribution is -2.33. The topological polar surface area (TPSA) is 93.4 Å². The first-order valence-electron chi connectivity index (χ1n) is 12.7. The van der Waals surface area contributed by atoms with Gasteiger partial charge in [-0.05, 0) is 42.0 Å². The second-order valence-electron chi connectivity index (χ2n) is 10.1. The van der Waals surface area contributed by atoms with E-state index in [-0.39, 0.29) is 5.41 Å². The van der Waals surface area contributed by atoms with Crippen molar-refractivity contribution in [3.63, 3.8) is 0 Å². The zero-order valence-electron chi connectivity index (χ0n) is 20.9. The number of sulfonamides is 1. The molecule has 0 saturated heterocycles. The fourth-order valence-corrected chi connectivity index (χ4v) is 6.35. The zero-order chi connectivity index (χ0) is 25.9. The van der Waals surface area contributed by atoms with Crippen LogP contribution >= 0.6 is 0 Å². The first-order valence-corrected chi connectivity index (χ1v) is 14.6. The van der Waals surface area contributed by atoms with Gasteiger partial charge in [-0.25, -0.2) is 18.4 Å². The van der Waals surface area contributed by atoms with Crippen LogP contribution in [0.3, 0.4) is 0 Å². The van der Waals surface area contributed by atoms with E-state index in [9.17, 15) is 8.42 Å². The van der Waals surface area contributed by atoms with Crippen molar-refractivity contribution in [2.45, 2.75) is 24.7 Å². The highest BCUT2D eigenvalue weighted by Gasteiger charge is 2.49. The maximum Gasteiger partial charge on any atom is 0.250 e. The summed E-state index contributed by atoms with van der Waals surface area (Å²) >= 11 is 0. The number of para-hydroxylation sites is 1. The van der Waals surface area contributed by atoms with Crippen LogP contribution < -0.4 is 0 Å². The second-order valence-corrected chi connectivity index (χ2v) is 12.1. The highest BCUT2D eigenvalue weighted by Crippen LogP contribution is 2.54. The van der Waals surface area contributed by atoms with Crippen molar-refractivity contribution in [1.82, 2.24) is 28.9 Å². The molecule has 9 heteroatoms. The molecule has 1 fully saturated rings. The minimum absolute atomic E-state index is 0.169. The molecule has 1 aliphatic heterocycles. The summed E-state index contributed by atoms with van der Waals surface area (Å²) in [5.41, 5.74) is 7.11. The van der Waals surface area contributed by atoms with Gasteiger partial charge in [-0.3, -0.25) is 4.98 Å². The number of benzene rings is 2. The van der Waals surface area contributed by atoms with Gasteiger partial charge in [0.15, 0.2) is 0 Å². The zero-order valence-corrected chi connectivity index (χ0v) is 21.8. The Morgan fingerprint density at radius 1 is 0.895 bits per heavy atom. The molecule has 2 aromatic carbocycles. The van der Waals surface area contributed by atoms with Crippen LogP contribution in [0.5, 0.6) is 0 Å². The second kappa shape index (κ2) is 8.54. The number of imidazole rings is 1. The van der Waals surface area contributed by atoms with Crippen LogP contribution in [0.15, 0.2) is 79.3 Å². The van der Waals surface area contributed by atoms with Gasteiger partial charge in [-0.2, -0.15) is 13.9 Å². The van der Waals surface area contributed by atoms with E-state index >= 15 is 0 Å². The van der Waals surface area contributed by atoms with Gasteiger partial charge in [0, 0.05) is 35.7 Å². The Morgan fingerprint density at radius 3 is 2.39 bits per heavy atom. The predicted molar refractivity (Wildman–Crippen MR) is 147 cm³/mol. The summed E-state index contributed by atoms with van der Waals surface area (Å²) < 4.78 is 27.0. The van der Waals surface area contributed by atoms with Gasteiger partial charge in [0.2, 0.25) is 10.0 Å². The number of fused-ring (bicyclic) bond motifs is 2. The molecule has 8 nitrogen and oxygen atoms in total. The van der Waals surface area contributed by atoms with Crippen LogP contribution in [0.4, 0.5) is 0 Å². The van der Waals surface area contributed by atoms with E-state index in [1.165, 1.54) is 16.1 Å². The van der Waals surface area contributed by atoms with E-state index in [0.717, 1.165) is 51.8 Å². The van der Waals surface area contributed by atoms with E-state index in [1.807, 2.05) is 41.2 Å². The molecule has 2 aliphatic rings. The molecule has 5 aromatic rings. The molecule has 0 bridgehead atoms. The lowest BCUT2D eigenvalue weighted by atomic mass is 9.90. The standard InChI is InChI=1S/C29H26N6O2S/c1-38(36,37)34-16-11-21(12-17-34)20-7-9-22(10-8-20)25-18-31-28-32-19-26(35(28)33-25)29(13-14-29)24-6-2-4-23-5-3-15-30-27(23)24/h2-11,15,18-19H,12-14,16-17H2,1H3. The van der Waals surface area contributed by atoms with Crippen molar-refractivity contribution in [3.05, 3.63) is 96.1 Å². The number of rotatable bonds is 5. The van der Waals surface area contributed by atoms with E-state index in [0.29, 0.717) is 25.3 Å². The molecule has 1 aliphatic carbocycles. The highest BCUT2D eigenvalue weighted by atomic mass is 32.2. The highest BCUT2D eigenvalue weighted by molar-refractivity contribution is 7.88. The summed E-state index contributed by atoms with van der Waals surface area (Å²) in [6.07, 6.45) is 11.5. The summed E-state index contributed by atoms with van der Waals surface area (Å²) in [6.45, 7) is 0.918. The minimum atomic E-state index is -3.16. The van der Waals surface area contributed by atoms with Gasteiger partial charge in [-0.15, -0.1) is 0 Å². The molecular weight excluding hydrogens is 496 g/mol. The van der Waals surface area contributed by atoms with Gasteiger partial charge in [0.1, 0.15) is 5.69 Å². The molecular formula is C29H26N6O2S. The SMILES string of the molecule is CS(=O)(=O)N1CC=C(c2ccc(-c3cnc4ncc(C5(c6cccc7cccnc67)CC5)n4n3)cc2)CC1. The average molecular weight is 523 g/mol. The maximum absolute atomic E-state index is 11.8. The minimum Gasteiger partial charge on any atom is -0.256 e. The van der Waals surface area contributed by atoms with Crippen molar-refractivity contribution in [2.24, 2.45) is 0 Å². The third-order valence-corrected chi connectivity index (χ3v) is 9.08. The molecule has 1 saturated carbocycles. The van der Waals surface area contributed by atoms with Crippen LogP contribution in [0.2, 0.25) is 0 Å². The Morgan fingerprint density at radius 2 is 1.66 bits per heavy atom. The van der Waals surface area contributed by atoms with Gasteiger partial charge in [0.05, 0.1) is 29.9 Å². The summed E-state index contributed by atoms with van der Waals surface area (Å²) in [7, 11) is -3.16. The molecule has 0 radical (unpaired) electrons. The van der Waals surface area contributed by atoms with E-state index in [1.54, 1.807) is 6.20 Å². The predicted octanol–water partition coefficient (Wildman–Crippen LogP) is 4.47. The Balaban J connectivity index is 1.22. The molecule has 0 N–H and O–H groups in total. The normalized spacial score (nSPS) is 17.6. The average Bonchev–Trinajstić information content (AvgIpc) is 3.64. The summed E-state index contributed by atoms with van der Waals surface area (Å²) in [6, 6.07) is 18.7. The Labute approximate surface area is 220 Å². The van der Waals surface area contributed by atoms with Crippen LogP contribution in [-0.4, -0.2) is 56.6 Å². The number of nitrogens with zero attached hydrogens (tertiary/aromatic N) is 6. The summed E-state index contributed by atoms with van der Waals surface area (Å²) in [4.78, 5) is 13.9. The summed E-state index contributed by atoms with van der Waals surface area (Å²) in [5, 5.41) is 6.11. The van der Waals surface area contributed by atoms with Crippen molar-refractivity contribution in [2.75, 3.05) is 19.3 Å². The van der Waals surface area contributed by atoms with Crippen molar-refractivity contribution in [3.8, 4) is 11.3 Å². The molecule has 38 heavy (non-hydrogen) atoms. The quantitative estimate of drug-likeness (QED) is 0.338. The van der Waals surface area contributed by atoms with Crippen LogP contribution in [0, 0.1) is 0 Å². The van der Waals surface area contributed by atoms with Crippen molar-refractivity contribution < 1.29 is 8.42 Å². The first kappa shape index (κ1) is 23.2. The Kier molecular flexibility index (Phi) is 5.21. The van der Waals surface area contributed by atoms with Gasteiger partial charge >= 0.3 is 0 Å². The fraction of sp³-hybridized carbons (Fsp3) is 0.241. The monoisotopic (exact) mass is 522 g/mol. The molecule has 3 aromatic heterocycles. The van der Waals surface area contributed by atoms with Crippen LogP contribution in [0.1, 0.15) is 36.1 Å². The number of aromatic nitrogens is 5. The molecule has 4 heterocycles. The Hall–Kier alpha value is -3.95. The molecule has 190 valence electrons. The van der Waals surface area contributed by atoms with Crippen molar-refractivity contribution >= 4 is 32.3 Å². The molecule has 7 rings (SSSR count). The fourth-order valence-electron chi connectivity index (χ4n) is 5.58. The summed E-state index contributed by atoms with van der Waals surface area (Å²) in [5.74, 6) is 0.586. The third-order valence-electron chi connectivity index (χ3n) is 7.81. The molecule has 0 unspecified atom stereocenters. The molecule has 0 amide bonds. The number of hydrogen-bond acceptors (Lipinski definition) is 6. The van der Waals surface area contributed by atoms with Gasteiger partial charge in [-0.1, -0.05) is 54.6 Å². The number of pyridine rings is 1. The van der Waals surface area contributed by atoms with Gasteiger partial charge in [0.25, 0.3) is 5.78 Å². The maximum atomic E-state index is 11.8. The largest absolute Gasteiger partial charge is 0.256 e. The molecule has 0 spiro atoms. The Bertz CT molecular complexity index is 1830. The van der Waals surface area contributed by atoms with Crippen LogP contribution in [-0.2, 0) is 15.4 Å². The third kappa shape index (κ3) is 3.81. The lowest BCUT2D eigenvalue weighted by molar-refractivity contribution is 0.446. The van der Waals surface area contributed by atoms with E-state index in [2.05, 4.69) is 46.4 Å².